The SMILES string of the molecule is N#CC1OC12CCC1CCC2O1. The number of epoxide rings is 1. The summed E-state index contributed by atoms with van der Waals surface area (Å²) in [6, 6.07) is 2.18. The van der Waals surface area contributed by atoms with Crippen LogP contribution in [0.5, 0.6) is 0 Å². The Morgan fingerprint density at radius 2 is 2.25 bits per heavy atom. The van der Waals surface area contributed by atoms with Crippen molar-refractivity contribution in [2.24, 2.45) is 0 Å². The van der Waals surface area contributed by atoms with E-state index >= 15 is 0 Å². The molecule has 0 N–H and O–H groups in total. The Balaban J connectivity index is 1.85. The van der Waals surface area contributed by atoms with E-state index in [-0.39, 0.29) is 17.8 Å². The largest absolute Gasteiger partial charge is 0.372 e. The summed E-state index contributed by atoms with van der Waals surface area (Å²) in [5.41, 5.74) is -0.179. The molecule has 1 spiro atoms. The molecule has 0 saturated carbocycles. The van der Waals surface area contributed by atoms with E-state index in [4.69, 9.17) is 14.7 Å². The zero-order valence-corrected chi connectivity index (χ0v) is 6.82. The highest BCUT2D eigenvalue weighted by molar-refractivity contribution is 5.20. The van der Waals surface area contributed by atoms with Gasteiger partial charge in [-0.15, -0.1) is 0 Å². The lowest BCUT2D eigenvalue weighted by molar-refractivity contribution is -0.0460. The Morgan fingerprint density at radius 1 is 1.33 bits per heavy atom. The molecule has 3 aliphatic rings. The molecule has 0 aliphatic carbocycles. The molecular weight excluding hydrogens is 154 g/mol. The summed E-state index contributed by atoms with van der Waals surface area (Å²) >= 11 is 0. The zero-order valence-electron chi connectivity index (χ0n) is 6.82. The minimum atomic E-state index is -0.179. The quantitative estimate of drug-likeness (QED) is 0.503. The molecule has 3 fully saturated rings. The highest BCUT2D eigenvalue weighted by atomic mass is 16.6. The molecule has 3 saturated heterocycles. The highest BCUT2D eigenvalue weighted by Gasteiger charge is 2.65. The molecule has 0 radical (unpaired) electrons. The minimum Gasteiger partial charge on any atom is -0.372 e. The van der Waals surface area contributed by atoms with Crippen molar-refractivity contribution in [1.29, 1.82) is 5.26 Å². The molecule has 3 heterocycles. The third-order valence-electron chi connectivity index (χ3n) is 3.35. The molecule has 0 amide bonds. The number of rotatable bonds is 0. The van der Waals surface area contributed by atoms with Crippen LogP contribution >= 0.6 is 0 Å². The normalized spacial score (nSPS) is 55.4. The summed E-state index contributed by atoms with van der Waals surface area (Å²) in [5.74, 6) is 0. The van der Waals surface area contributed by atoms with E-state index in [0.29, 0.717) is 6.10 Å². The molecule has 2 bridgehead atoms. The maximum absolute atomic E-state index is 8.72. The van der Waals surface area contributed by atoms with Crippen LogP contribution in [0.3, 0.4) is 0 Å². The zero-order chi connectivity index (χ0) is 8.18. The molecule has 4 unspecified atom stereocenters. The van der Waals surface area contributed by atoms with E-state index in [0.717, 1.165) is 25.7 Å². The van der Waals surface area contributed by atoms with Crippen LogP contribution in [0.2, 0.25) is 0 Å². The van der Waals surface area contributed by atoms with E-state index in [1.807, 2.05) is 0 Å². The molecule has 3 heteroatoms. The molecule has 3 aliphatic heterocycles. The van der Waals surface area contributed by atoms with Crippen molar-refractivity contribution in [3.05, 3.63) is 0 Å². The summed E-state index contributed by atoms with van der Waals surface area (Å²) in [6.45, 7) is 0. The van der Waals surface area contributed by atoms with Gasteiger partial charge in [-0.05, 0) is 25.7 Å². The highest BCUT2D eigenvalue weighted by Crippen LogP contribution is 2.52. The van der Waals surface area contributed by atoms with Crippen molar-refractivity contribution in [1.82, 2.24) is 0 Å². The van der Waals surface area contributed by atoms with Gasteiger partial charge in [0.25, 0.3) is 0 Å². The van der Waals surface area contributed by atoms with Gasteiger partial charge in [0.2, 0.25) is 0 Å². The molecule has 4 atom stereocenters. The van der Waals surface area contributed by atoms with Crippen LogP contribution in [0.25, 0.3) is 0 Å². The Bertz CT molecular complexity index is 260. The first-order chi connectivity index (χ1) is 5.85. The van der Waals surface area contributed by atoms with Crippen molar-refractivity contribution in [2.75, 3.05) is 0 Å². The lowest BCUT2D eigenvalue weighted by Crippen LogP contribution is -2.36. The number of hydrogen-bond donors (Lipinski definition) is 0. The van der Waals surface area contributed by atoms with Gasteiger partial charge in [-0.2, -0.15) is 5.26 Å². The maximum atomic E-state index is 8.72. The van der Waals surface area contributed by atoms with Gasteiger partial charge in [-0.1, -0.05) is 0 Å². The minimum absolute atomic E-state index is 0.179. The van der Waals surface area contributed by atoms with Crippen LogP contribution in [-0.2, 0) is 9.47 Å². The average Bonchev–Trinajstić information content (AvgIpc) is 2.67. The monoisotopic (exact) mass is 165 g/mol. The second-order valence-corrected chi connectivity index (χ2v) is 3.94. The first-order valence-corrected chi connectivity index (χ1v) is 4.58. The number of nitrogens with zero attached hydrogens (tertiary/aromatic N) is 1. The number of nitriles is 1. The average molecular weight is 165 g/mol. The van der Waals surface area contributed by atoms with E-state index in [9.17, 15) is 0 Å². The number of fused-ring (bicyclic) bond motifs is 3. The van der Waals surface area contributed by atoms with E-state index in [1.165, 1.54) is 0 Å². The lowest BCUT2D eigenvalue weighted by Gasteiger charge is -2.26. The summed E-state index contributed by atoms with van der Waals surface area (Å²) in [5, 5.41) is 8.72. The standard InChI is InChI=1S/C9H11NO2/c10-5-8-9(12-8)4-3-6-1-2-7(9)11-6/h6-8H,1-4H2. The summed E-state index contributed by atoms with van der Waals surface area (Å²) in [7, 11) is 0. The molecule has 0 aromatic heterocycles. The Morgan fingerprint density at radius 3 is 3.00 bits per heavy atom. The first kappa shape index (κ1) is 6.88. The van der Waals surface area contributed by atoms with Crippen LogP contribution in [0.4, 0.5) is 0 Å². The van der Waals surface area contributed by atoms with Gasteiger partial charge in [0.15, 0.2) is 6.10 Å². The Hall–Kier alpha value is -0.590. The molecule has 64 valence electrons. The third-order valence-corrected chi connectivity index (χ3v) is 3.35. The molecule has 12 heavy (non-hydrogen) atoms. The second-order valence-electron chi connectivity index (χ2n) is 3.94. The van der Waals surface area contributed by atoms with Crippen LogP contribution in [-0.4, -0.2) is 23.9 Å². The van der Waals surface area contributed by atoms with E-state index < -0.39 is 0 Å². The van der Waals surface area contributed by atoms with Gasteiger partial charge in [-0.3, -0.25) is 0 Å². The molecule has 3 nitrogen and oxygen atoms in total. The number of hydrogen-bond acceptors (Lipinski definition) is 3. The molecule has 0 aromatic carbocycles. The topological polar surface area (TPSA) is 45.5 Å². The Kier molecular flexibility index (Phi) is 1.15. The van der Waals surface area contributed by atoms with Crippen molar-refractivity contribution in [3.63, 3.8) is 0 Å². The summed E-state index contributed by atoms with van der Waals surface area (Å²) < 4.78 is 11.2. The molecule has 0 aromatic rings. The Labute approximate surface area is 71.3 Å². The van der Waals surface area contributed by atoms with Gasteiger partial charge in [0.05, 0.1) is 18.3 Å². The molecule has 3 rings (SSSR count). The van der Waals surface area contributed by atoms with Gasteiger partial charge in [0, 0.05) is 0 Å². The second kappa shape index (κ2) is 2.01. The fourth-order valence-corrected chi connectivity index (χ4v) is 2.58. The van der Waals surface area contributed by atoms with Crippen LogP contribution < -0.4 is 0 Å². The summed E-state index contributed by atoms with van der Waals surface area (Å²) in [6.07, 6.45) is 4.86. The summed E-state index contributed by atoms with van der Waals surface area (Å²) in [4.78, 5) is 0. The third kappa shape index (κ3) is 0.675. The van der Waals surface area contributed by atoms with Crippen LogP contribution in [0, 0.1) is 11.3 Å². The fraction of sp³-hybridized carbons (Fsp3) is 0.889. The first-order valence-electron chi connectivity index (χ1n) is 4.58. The van der Waals surface area contributed by atoms with E-state index in [1.54, 1.807) is 0 Å². The molecular formula is C9H11NO2. The van der Waals surface area contributed by atoms with Gasteiger partial charge < -0.3 is 9.47 Å². The smallest absolute Gasteiger partial charge is 0.176 e. The van der Waals surface area contributed by atoms with Crippen molar-refractivity contribution in [2.45, 2.75) is 49.6 Å². The van der Waals surface area contributed by atoms with Crippen molar-refractivity contribution < 1.29 is 9.47 Å². The van der Waals surface area contributed by atoms with Gasteiger partial charge in [-0.25, -0.2) is 0 Å². The predicted octanol–water partition coefficient (Wildman–Crippen LogP) is 0.989. The van der Waals surface area contributed by atoms with Crippen LogP contribution in [0.1, 0.15) is 25.7 Å². The van der Waals surface area contributed by atoms with Gasteiger partial charge in [0.1, 0.15) is 5.60 Å². The van der Waals surface area contributed by atoms with Crippen LogP contribution in [0.15, 0.2) is 0 Å². The van der Waals surface area contributed by atoms with Crippen molar-refractivity contribution in [3.8, 4) is 6.07 Å². The number of ether oxygens (including phenoxy) is 2. The van der Waals surface area contributed by atoms with Gasteiger partial charge >= 0.3 is 0 Å². The predicted molar refractivity (Wildman–Crippen MR) is 40.3 cm³/mol. The van der Waals surface area contributed by atoms with Crippen molar-refractivity contribution >= 4 is 0 Å². The maximum Gasteiger partial charge on any atom is 0.176 e. The lowest BCUT2D eigenvalue weighted by atomic mass is 9.92. The van der Waals surface area contributed by atoms with E-state index in [2.05, 4.69) is 6.07 Å². The fourth-order valence-electron chi connectivity index (χ4n) is 2.58.